The van der Waals surface area contributed by atoms with Gasteiger partial charge in [-0.25, -0.2) is 14.8 Å². The van der Waals surface area contributed by atoms with Gasteiger partial charge in [-0.3, -0.25) is 14.5 Å². The molecule has 0 spiro atoms. The van der Waals surface area contributed by atoms with E-state index in [9.17, 15) is 19.5 Å². The molecular weight excluding hydrogens is 286 g/mol. The molecule has 0 aliphatic carbocycles. The molecule has 2 amide bonds. The molecule has 0 radical (unpaired) electrons. The van der Waals surface area contributed by atoms with Crippen LogP contribution < -0.4 is 0 Å². The normalized spacial score (nSPS) is 14.8. The first-order chi connectivity index (χ1) is 10.6. The first kappa shape index (κ1) is 13.9. The Morgan fingerprint density at radius 2 is 1.59 bits per heavy atom. The highest BCUT2D eigenvalue weighted by molar-refractivity contribution is 6.20. The van der Waals surface area contributed by atoms with E-state index in [0.29, 0.717) is 5.56 Å². The lowest BCUT2D eigenvalue weighted by molar-refractivity contribution is -0.141. The Morgan fingerprint density at radius 3 is 2.09 bits per heavy atom. The number of rotatable bonds is 4. The molecule has 0 bridgehead atoms. The molecule has 0 unspecified atom stereocenters. The van der Waals surface area contributed by atoms with E-state index in [1.54, 1.807) is 30.3 Å². The number of carboxylic acids is 1. The predicted molar refractivity (Wildman–Crippen MR) is 74.1 cm³/mol. The largest absolute Gasteiger partial charge is 0.480 e. The molecule has 7 heteroatoms. The summed E-state index contributed by atoms with van der Waals surface area (Å²) in [5.41, 5.74) is 0.506. The van der Waals surface area contributed by atoms with Gasteiger partial charge in [0.15, 0.2) is 11.4 Å². The minimum absolute atomic E-state index is 0.0294. The number of imide groups is 1. The van der Waals surface area contributed by atoms with E-state index in [0.717, 1.165) is 4.90 Å². The molecule has 2 heterocycles. The fourth-order valence-electron chi connectivity index (χ4n) is 2.38. The second kappa shape index (κ2) is 5.36. The number of carbonyl (C=O) groups is 3. The third-order valence-corrected chi connectivity index (χ3v) is 3.41. The maximum atomic E-state index is 12.3. The van der Waals surface area contributed by atoms with Gasteiger partial charge in [-0.05, 0) is 5.56 Å². The lowest BCUT2D eigenvalue weighted by Gasteiger charge is -2.22. The van der Waals surface area contributed by atoms with E-state index in [2.05, 4.69) is 9.97 Å². The fourth-order valence-corrected chi connectivity index (χ4v) is 2.38. The molecule has 110 valence electrons. The summed E-state index contributed by atoms with van der Waals surface area (Å²) in [6, 6.07) is 7.52. The summed E-state index contributed by atoms with van der Waals surface area (Å²) in [4.78, 5) is 44.5. The summed E-state index contributed by atoms with van der Waals surface area (Å²) in [5, 5.41) is 9.42. The molecular formula is C15H11N3O4. The average molecular weight is 297 g/mol. The molecule has 1 aliphatic heterocycles. The zero-order chi connectivity index (χ0) is 15.7. The topological polar surface area (TPSA) is 100 Å². The summed E-state index contributed by atoms with van der Waals surface area (Å²) < 4.78 is 0. The van der Waals surface area contributed by atoms with Crippen molar-refractivity contribution in [2.24, 2.45) is 0 Å². The highest BCUT2D eigenvalue weighted by Crippen LogP contribution is 2.23. The van der Waals surface area contributed by atoms with Gasteiger partial charge in [0.1, 0.15) is 6.04 Å². The number of amides is 2. The number of aliphatic carboxylic acids is 1. The zero-order valence-electron chi connectivity index (χ0n) is 11.3. The molecule has 1 aromatic heterocycles. The second-order valence-electron chi connectivity index (χ2n) is 4.78. The van der Waals surface area contributed by atoms with Crippen molar-refractivity contribution < 1.29 is 19.5 Å². The fraction of sp³-hybridized carbons (Fsp3) is 0.133. The van der Waals surface area contributed by atoms with Crippen LogP contribution in [0.3, 0.4) is 0 Å². The average Bonchev–Trinajstić information content (AvgIpc) is 2.78. The lowest BCUT2D eigenvalue weighted by atomic mass is 10.0. The standard InChI is InChI=1S/C15H11N3O4/c19-13-11-12(17-7-6-16-11)14(20)18(13)10(15(21)22)8-9-4-2-1-3-5-9/h1-7,10H,8H2,(H,21,22)/t10-/m0/s1. The molecule has 1 atom stereocenters. The number of benzene rings is 1. The molecule has 1 aliphatic rings. The molecule has 1 N–H and O–H groups in total. The van der Waals surface area contributed by atoms with Gasteiger partial charge in [0.2, 0.25) is 0 Å². The minimum Gasteiger partial charge on any atom is -0.480 e. The van der Waals surface area contributed by atoms with Gasteiger partial charge in [0.25, 0.3) is 11.8 Å². The Hall–Kier alpha value is -3.09. The van der Waals surface area contributed by atoms with Crippen LogP contribution in [0.4, 0.5) is 0 Å². The third kappa shape index (κ3) is 2.22. The van der Waals surface area contributed by atoms with Crippen LogP contribution >= 0.6 is 0 Å². The van der Waals surface area contributed by atoms with Gasteiger partial charge in [0, 0.05) is 18.8 Å². The van der Waals surface area contributed by atoms with Crippen molar-refractivity contribution in [2.75, 3.05) is 0 Å². The summed E-state index contributed by atoms with van der Waals surface area (Å²) in [6.45, 7) is 0. The Morgan fingerprint density at radius 1 is 1.05 bits per heavy atom. The summed E-state index contributed by atoms with van der Waals surface area (Å²) in [7, 11) is 0. The van der Waals surface area contributed by atoms with Crippen molar-refractivity contribution in [3.63, 3.8) is 0 Å². The first-order valence-electron chi connectivity index (χ1n) is 6.55. The molecule has 22 heavy (non-hydrogen) atoms. The van der Waals surface area contributed by atoms with Crippen molar-refractivity contribution in [3.05, 3.63) is 59.7 Å². The Kier molecular flexibility index (Phi) is 3.38. The summed E-state index contributed by atoms with van der Waals surface area (Å²) >= 11 is 0. The van der Waals surface area contributed by atoms with E-state index in [-0.39, 0.29) is 17.8 Å². The molecule has 1 aromatic carbocycles. The monoisotopic (exact) mass is 297 g/mol. The highest BCUT2D eigenvalue weighted by atomic mass is 16.4. The van der Waals surface area contributed by atoms with Crippen molar-refractivity contribution in [2.45, 2.75) is 12.5 Å². The van der Waals surface area contributed by atoms with E-state index in [1.165, 1.54) is 12.4 Å². The molecule has 7 nitrogen and oxygen atoms in total. The number of fused-ring (bicyclic) bond motifs is 1. The number of hydrogen-bond acceptors (Lipinski definition) is 5. The van der Waals surface area contributed by atoms with Crippen LogP contribution in [0.1, 0.15) is 26.5 Å². The van der Waals surface area contributed by atoms with E-state index in [4.69, 9.17) is 0 Å². The number of carboxylic acid groups (broad SMARTS) is 1. The van der Waals surface area contributed by atoms with Gasteiger partial charge < -0.3 is 5.11 Å². The van der Waals surface area contributed by atoms with Crippen LogP contribution in [-0.2, 0) is 11.2 Å². The quantitative estimate of drug-likeness (QED) is 0.836. The van der Waals surface area contributed by atoms with Crippen molar-refractivity contribution in [1.82, 2.24) is 14.9 Å². The van der Waals surface area contributed by atoms with Gasteiger partial charge >= 0.3 is 5.97 Å². The molecule has 3 rings (SSSR count). The van der Waals surface area contributed by atoms with Crippen LogP contribution in [0, 0.1) is 0 Å². The zero-order valence-corrected chi connectivity index (χ0v) is 11.3. The predicted octanol–water partition coefficient (Wildman–Crippen LogP) is 0.768. The molecule has 2 aromatic rings. The van der Waals surface area contributed by atoms with Crippen LogP contribution in [0.15, 0.2) is 42.7 Å². The number of nitrogens with zero attached hydrogens (tertiary/aromatic N) is 3. The maximum Gasteiger partial charge on any atom is 0.327 e. The van der Waals surface area contributed by atoms with Gasteiger partial charge in [-0.15, -0.1) is 0 Å². The molecule has 0 saturated carbocycles. The molecule has 0 fully saturated rings. The smallest absolute Gasteiger partial charge is 0.327 e. The van der Waals surface area contributed by atoms with Gasteiger partial charge in [-0.1, -0.05) is 30.3 Å². The van der Waals surface area contributed by atoms with Crippen molar-refractivity contribution in [1.29, 1.82) is 0 Å². The van der Waals surface area contributed by atoms with E-state index < -0.39 is 23.8 Å². The SMILES string of the molecule is O=C(O)[C@H](Cc1ccccc1)N1C(=O)c2nccnc2C1=O. The Bertz CT molecular complexity index is 725. The number of aromatic nitrogens is 2. The minimum atomic E-state index is -1.29. The van der Waals surface area contributed by atoms with Crippen LogP contribution in [0.5, 0.6) is 0 Å². The van der Waals surface area contributed by atoms with Crippen molar-refractivity contribution >= 4 is 17.8 Å². The first-order valence-corrected chi connectivity index (χ1v) is 6.55. The second-order valence-corrected chi connectivity index (χ2v) is 4.78. The number of carbonyl (C=O) groups excluding carboxylic acids is 2. The highest BCUT2D eigenvalue weighted by Gasteiger charge is 2.44. The van der Waals surface area contributed by atoms with E-state index >= 15 is 0 Å². The summed E-state index contributed by atoms with van der Waals surface area (Å²) in [5.74, 6) is -2.70. The van der Waals surface area contributed by atoms with E-state index in [1.807, 2.05) is 0 Å². The summed E-state index contributed by atoms with van der Waals surface area (Å²) in [6.07, 6.45) is 2.61. The Balaban J connectivity index is 1.95. The maximum absolute atomic E-state index is 12.3. The van der Waals surface area contributed by atoms with Crippen LogP contribution in [-0.4, -0.2) is 43.8 Å². The van der Waals surface area contributed by atoms with Crippen LogP contribution in [0.25, 0.3) is 0 Å². The third-order valence-electron chi connectivity index (χ3n) is 3.41. The van der Waals surface area contributed by atoms with Gasteiger partial charge in [0.05, 0.1) is 0 Å². The lowest BCUT2D eigenvalue weighted by Crippen LogP contribution is -2.46. The van der Waals surface area contributed by atoms with Crippen molar-refractivity contribution in [3.8, 4) is 0 Å². The Labute approximate surface area is 125 Å². The number of hydrogen-bond donors (Lipinski definition) is 1. The molecule has 0 saturated heterocycles. The van der Waals surface area contributed by atoms with Crippen LogP contribution in [0.2, 0.25) is 0 Å². The van der Waals surface area contributed by atoms with Gasteiger partial charge in [-0.2, -0.15) is 0 Å².